The summed E-state index contributed by atoms with van der Waals surface area (Å²) in [5.41, 5.74) is 1.73. The van der Waals surface area contributed by atoms with Crippen LogP contribution in [-0.4, -0.2) is 39.6 Å². The zero-order chi connectivity index (χ0) is 19.2. The van der Waals surface area contributed by atoms with Crippen LogP contribution in [-0.2, 0) is 4.79 Å². The summed E-state index contributed by atoms with van der Waals surface area (Å²) in [7, 11) is 1.63. The molecule has 1 amide bonds. The van der Waals surface area contributed by atoms with Gasteiger partial charge in [-0.1, -0.05) is 42.1 Å². The zero-order valence-electron chi connectivity index (χ0n) is 15.6. The summed E-state index contributed by atoms with van der Waals surface area (Å²) in [6.45, 7) is 4.46. The molecule has 3 aromatic rings. The fraction of sp³-hybridized carbons (Fsp3) is 0.250. The van der Waals surface area contributed by atoms with Gasteiger partial charge < -0.3 is 9.64 Å². The predicted molar refractivity (Wildman–Crippen MR) is 108 cm³/mol. The number of hydrogen-bond donors (Lipinski definition) is 0. The van der Waals surface area contributed by atoms with Crippen molar-refractivity contribution in [2.45, 2.75) is 24.3 Å². The van der Waals surface area contributed by atoms with Gasteiger partial charge in [-0.3, -0.25) is 9.36 Å². The van der Waals surface area contributed by atoms with Gasteiger partial charge in [0.2, 0.25) is 5.91 Å². The molecule has 140 valence electrons. The monoisotopic (exact) mass is 382 g/mol. The fourth-order valence-electron chi connectivity index (χ4n) is 2.80. The first-order valence-electron chi connectivity index (χ1n) is 8.72. The summed E-state index contributed by atoms with van der Waals surface area (Å²) < 4.78 is 7.27. The van der Waals surface area contributed by atoms with Gasteiger partial charge in [-0.15, -0.1) is 10.2 Å². The Hall–Kier alpha value is -2.80. The number of methoxy groups -OCH3 is 1. The largest absolute Gasteiger partial charge is 0.495 e. The van der Waals surface area contributed by atoms with Crippen molar-refractivity contribution in [3.63, 3.8) is 0 Å². The van der Waals surface area contributed by atoms with Gasteiger partial charge in [0, 0.05) is 12.2 Å². The Labute approximate surface area is 163 Å². The summed E-state index contributed by atoms with van der Waals surface area (Å²) in [5, 5.41) is 8.55. The minimum Gasteiger partial charge on any atom is -0.495 e. The molecule has 0 saturated carbocycles. The molecule has 0 aliphatic rings. The molecule has 7 heteroatoms. The minimum absolute atomic E-state index is 0.0308. The van der Waals surface area contributed by atoms with Crippen LogP contribution < -0.4 is 9.64 Å². The number of carbonyl (C=O) groups excluding carboxylic acids is 1. The Kier molecular flexibility index (Phi) is 6.13. The van der Waals surface area contributed by atoms with E-state index in [4.69, 9.17) is 4.74 Å². The number of ether oxygens (including phenoxy) is 1. The number of anilines is 1. The molecular formula is C20H22N4O2S. The van der Waals surface area contributed by atoms with Crippen LogP contribution in [0.25, 0.3) is 5.69 Å². The third-order valence-corrected chi connectivity index (χ3v) is 5.19. The van der Waals surface area contributed by atoms with E-state index in [1.807, 2.05) is 73.0 Å². The second-order valence-corrected chi connectivity index (χ2v) is 7.14. The van der Waals surface area contributed by atoms with Crippen LogP contribution in [0.5, 0.6) is 5.75 Å². The number of rotatable bonds is 7. The molecule has 0 aliphatic heterocycles. The van der Waals surface area contributed by atoms with Crippen LogP contribution in [0.1, 0.15) is 13.8 Å². The topological polar surface area (TPSA) is 60.2 Å². The van der Waals surface area contributed by atoms with Crippen molar-refractivity contribution in [1.82, 2.24) is 14.8 Å². The summed E-state index contributed by atoms with van der Waals surface area (Å²) in [5.74, 6) is 0.751. The van der Waals surface area contributed by atoms with E-state index in [0.717, 1.165) is 17.1 Å². The average molecular weight is 382 g/mol. The molecule has 2 aromatic carbocycles. The molecule has 27 heavy (non-hydrogen) atoms. The van der Waals surface area contributed by atoms with Crippen molar-refractivity contribution in [3.8, 4) is 11.4 Å². The number of para-hydroxylation sites is 3. The maximum absolute atomic E-state index is 13.0. The molecule has 3 rings (SSSR count). The maximum Gasteiger partial charge on any atom is 0.240 e. The van der Waals surface area contributed by atoms with Crippen molar-refractivity contribution in [3.05, 3.63) is 60.9 Å². The number of hydrogen-bond acceptors (Lipinski definition) is 5. The van der Waals surface area contributed by atoms with E-state index >= 15 is 0 Å². The first kappa shape index (κ1) is 19.0. The second-order valence-electron chi connectivity index (χ2n) is 5.83. The van der Waals surface area contributed by atoms with Gasteiger partial charge >= 0.3 is 0 Å². The summed E-state index contributed by atoms with van der Waals surface area (Å²) >= 11 is 1.38. The lowest BCUT2D eigenvalue weighted by molar-refractivity contribution is -0.117. The molecule has 1 heterocycles. The SMILES string of the molecule is CCN(C(=O)C(C)Sc1nncn1-c1ccccc1OC)c1ccccc1. The summed E-state index contributed by atoms with van der Waals surface area (Å²) in [6.07, 6.45) is 1.63. The normalized spacial score (nSPS) is 11.8. The van der Waals surface area contributed by atoms with E-state index in [0.29, 0.717) is 11.7 Å². The van der Waals surface area contributed by atoms with E-state index in [1.54, 1.807) is 18.3 Å². The van der Waals surface area contributed by atoms with Gasteiger partial charge in [0.15, 0.2) is 5.16 Å². The van der Waals surface area contributed by atoms with Gasteiger partial charge in [0.25, 0.3) is 0 Å². The molecule has 1 unspecified atom stereocenters. The Bertz CT molecular complexity index is 898. The number of benzene rings is 2. The number of carbonyl (C=O) groups is 1. The summed E-state index contributed by atoms with van der Waals surface area (Å²) in [4.78, 5) is 14.8. The van der Waals surface area contributed by atoms with Crippen molar-refractivity contribution in [2.75, 3.05) is 18.6 Å². The van der Waals surface area contributed by atoms with Crippen molar-refractivity contribution in [1.29, 1.82) is 0 Å². The Balaban J connectivity index is 1.82. The molecule has 0 bridgehead atoms. The third-order valence-electron chi connectivity index (χ3n) is 4.14. The maximum atomic E-state index is 13.0. The molecular weight excluding hydrogens is 360 g/mol. The Morgan fingerprint density at radius 2 is 1.89 bits per heavy atom. The van der Waals surface area contributed by atoms with Crippen LogP contribution in [0, 0.1) is 0 Å². The van der Waals surface area contributed by atoms with Crippen LogP contribution >= 0.6 is 11.8 Å². The highest BCUT2D eigenvalue weighted by Gasteiger charge is 2.24. The van der Waals surface area contributed by atoms with Crippen molar-refractivity contribution < 1.29 is 9.53 Å². The lowest BCUT2D eigenvalue weighted by atomic mass is 10.2. The number of thioether (sulfide) groups is 1. The smallest absolute Gasteiger partial charge is 0.240 e. The Morgan fingerprint density at radius 1 is 1.19 bits per heavy atom. The highest BCUT2D eigenvalue weighted by atomic mass is 32.2. The van der Waals surface area contributed by atoms with Gasteiger partial charge in [0.05, 0.1) is 18.0 Å². The van der Waals surface area contributed by atoms with Gasteiger partial charge in [-0.25, -0.2) is 0 Å². The molecule has 0 saturated heterocycles. The lowest BCUT2D eigenvalue weighted by Crippen LogP contribution is -2.36. The highest BCUT2D eigenvalue weighted by molar-refractivity contribution is 8.00. The van der Waals surface area contributed by atoms with E-state index < -0.39 is 0 Å². The predicted octanol–water partition coefficient (Wildman–Crippen LogP) is 3.81. The molecule has 6 nitrogen and oxygen atoms in total. The number of aromatic nitrogens is 3. The lowest BCUT2D eigenvalue weighted by Gasteiger charge is -2.24. The minimum atomic E-state index is -0.317. The van der Waals surface area contributed by atoms with Gasteiger partial charge in [0.1, 0.15) is 12.1 Å². The van der Waals surface area contributed by atoms with Crippen LogP contribution in [0.15, 0.2) is 66.1 Å². The van der Waals surface area contributed by atoms with Crippen LogP contribution in [0.4, 0.5) is 5.69 Å². The third kappa shape index (κ3) is 4.14. The number of amides is 1. The molecule has 0 N–H and O–H groups in total. The van der Waals surface area contributed by atoms with Gasteiger partial charge in [-0.05, 0) is 38.1 Å². The Morgan fingerprint density at radius 3 is 2.59 bits per heavy atom. The second kappa shape index (κ2) is 8.73. The van der Waals surface area contributed by atoms with Crippen LogP contribution in [0.3, 0.4) is 0 Å². The average Bonchev–Trinajstić information content (AvgIpc) is 3.17. The summed E-state index contributed by atoms with van der Waals surface area (Å²) in [6, 6.07) is 17.3. The van der Waals surface area contributed by atoms with Crippen molar-refractivity contribution >= 4 is 23.4 Å². The van der Waals surface area contributed by atoms with E-state index in [9.17, 15) is 4.79 Å². The van der Waals surface area contributed by atoms with E-state index in [-0.39, 0.29) is 11.2 Å². The first-order chi connectivity index (χ1) is 13.2. The van der Waals surface area contributed by atoms with Crippen LogP contribution in [0.2, 0.25) is 0 Å². The first-order valence-corrected chi connectivity index (χ1v) is 9.60. The molecule has 1 atom stereocenters. The van der Waals surface area contributed by atoms with Crippen molar-refractivity contribution in [2.24, 2.45) is 0 Å². The quantitative estimate of drug-likeness (QED) is 0.582. The van der Waals surface area contributed by atoms with Gasteiger partial charge in [-0.2, -0.15) is 0 Å². The standard InChI is InChI=1S/C20H22N4O2S/c1-4-23(16-10-6-5-7-11-16)19(25)15(2)27-20-22-21-14-24(20)17-12-8-9-13-18(17)26-3/h5-15H,4H2,1-3H3. The molecule has 0 fully saturated rings. The fourth-order valence-corrected chi connectivity index (χ4v) is 3.70. The molecule has 0 aliphatic carbocycles. The zero-order valence-corrected chi connectivity index (χ0v) is 16.4. The highest BCUT2D eigenvalue weighted by Crippen LogP contribution is 2.29. The molecule has 0 spiro atoms. The van der Waals surface area contributed by atoms with E-state index in [2.05, 4.69) is 10.2 Å². The molecule has 1 aromatic heterocycles. The van der Waals surface area contributed by atoms with E-state index in [1.165, 1.54) is 11.8 Å². The molecule has 0 radical (unpaired) electrons. The number of nitrogens with zero attached hydrogens (tertiary/aromatic N) is 4.